The molecule has 4 N–H and O–H groups in total. The van der Waals surface area contributed by atoms with Crippen LogP contribution in [0.2, 0.25) is 0 Å². The van der Waals surface area contributed by atoms with Crippen LogP contribution >= 0.6 is 0 Å². The second-order valence-electron chi connectivity index (χ2n) is 19.0. The third-order valence-corrected chi connectivity index (χ3v) is 14.3. The van der Waals surface area contributed by atoms with Crippen LogP contribution in [-0.2, 0) is 5.41 Å². The highest BCUT2D eigenvalue weighted by atomic mass is 16.5. The minimum atomic E-state index is -0.0710. The Morgan fingerprint density at radius 2 is 0.881 bits per heavy atom. The highest BCUT2D eigenvalue weighted by Crippen LogP contribution is 2.52. The van der Waals surface area contributed by atoms with E-state index in [2.05, 4.69) is 58.9 Å². The molecule has 2 saturated carbocycles. The van der Waals surface area contributed by atoms with Gasteiger partial charge in [0.05, 0.1) is 0 Å². The molecule has 0 atom stereocenters. The molecule has 320 valence electrons. The van der Waals surface area contributed by atoms with E-state index in [9.17, 15) is 0 Å². The first-order chi connectivity index (χ1) is 28.6. The maximum absolute atomic E-state index is 6.49. The van der Waals surface area contributed by atoms with Crippen molar-refractivity contribution in [3.63, 3.8) is 0 Å². The van der Waals surface area contributed by atoms with Crippen LogP contribution in [0.3, 0.4) is 0 Å². The molecule has 4 aromatic carbocycles. The Hall–Kier alpha value is -3.92. The van der Waals surface area contributed by atoms with Crippen LogP contribution in [0.5, 0.6) is 23.0 Å². The van der Waals surface area contributed by atoms with Crippen LogP contribution in [0.1, 0.15) is 182 Å². The molecule has 2 fully saturated rings. The average Bonchev–Trinajstić information content (AvgIpc) is 3.22. The smallest absolute Gasteiger partial charge is 0.133 e. The van der Waals surface area contributed by atoms with Crippen LogP contribution in [0.25, 0.3) is 0 Å². The van der Waals surface area contributed by atoms with Crippen molar-refractivity contribution in [2.75, 3.05) is 11.5 Å². The molecule has 0 saturated heterocycles. The number of benzene rings is 4. The fourth-order valence-electron chi connectivity index (χ4n) is 10.9. The first-order valence-electron chi connectivity index (χ1n) is 24.0. The lowest BCUT2D eigenvalue weighted by atomic mass is 9.59. The highest BCUT2D eigenvalue weighted by Gasteiger charge is 2.42. The molecular formula is C55H78N2O2. The van der Waals surface area contributed by atoms with E-state index in [4.69, 9.17) is 20.9 Å². The predicted molar refractivity (Wildman–Crippen MR) is 252 cm³/mol. The van der Waals surface area contributed by atoms with Gasteiger partial charge in [0, 0.05) is 28.9 Å². The fraction of sp³-hybridized carbons (Fsp3) is 0.564. The summed E-state index contributed by atoms with van der Waals surface area (Å²) in [6.07, 6.45) is 30.9. The summed E-state index contributed by atoms with van der Waals surface area (Å²) in [5.41, 5.74) is 21.1. The number of hydrogen-bond acceptors (Lipinski definition) is 4. The minimum absolute atomic E-state index is 0.0710. The molecule has 2 aliphatic carbocycles. The summed E-state index contributed by atoms with van der Waals surface area (Å²) in [6.45, 7) is 11.1. The summed E-state index contributed by atoms with van der Waals surface area (Å²) in [5, 5.41) is 0. The second-order valence-corrected chi connectivity index (χ2v) is 19.0. The molecule has 4 aromatic rings. The van der Waals surface area contributed by atoms with Crippen molar-refractivity contribution in [2.45, 2.75) is 181 Å². The minimum Gasteiger partial charge on any atom is -0.457 e. The van der Waals surface area contributed by atoms with Gasteiger partial charge in [-0.05, 0) is 142 Å². The number of hydrogen-bond donors (Lipinski definition) is 2. The SMILES string of the molecule is CCCCCCCCCCCCCCC[C@H]1CC[C@@H](C2CCC(c3cc(C)c(Oc4cccc(N)c4)c(C)c3)(c3cc(C)c(Oc4cccc(N)c4)c(C)c3)CC2)CC1. The van der Waals surface area contributed by atoms with Crippen molar-refractivity contribution >= 4 is 11.4 Å². The molecule has 0 aliphatic heterocycles. The molecule has 0 amide bonds. The van der Waals surface area contributed by atoms with Crippen LogP contribution in [0, 0.1) is 45.4 Å². The van der Waals surface area contributed by atoms with Gasteiger partial charge in [-0.15, -0.1) is 0 Å². The normalized spacial score (nSPS) is 18.2. The molecule has 0 spiro atoms. The molecule has 0 bridgehead atoms. The van der Waals surface area contributed by atoms with E-state index >= 15 is 0 Å². The molecule has 2 aliphatic rings. The van der Waals surface area contributed by atoms with E-state index in [0.717, 1.165) is 40.8 Å². The first kappa shape index (κ1) is 44.6. The van der Waals surface area contributed by atoms with E-state index in [1.54, 1.807) is 0 Å². The van der Waals surface area contributed by atoms with Gasteiger partial charge in [0.15, 0.2) is 0 Å². The standard InChI is InChI=1S/C55H78N2O2/c1-6-7-8-9-10-11-12-13-14-15-16-17-18-21-44-26-28-45(29-27-44)46-30-32-55(33-31-46,47-34-40(2)53(41(3)35-47)58-51-24-19-22-49(56)38-51)48-36-42(4)54(43(5)37-48)59-52-25-20-23-50(57)39-52/h19-20,22-25,34-39,44-46H,6-18,21,26-33,56-57H2,1-5H3/t44-,45+. The van der Waals surface area contributed by atoms with Gasteiger partial charge in [-0.2, -0.15) is 0 Å². The largest absolute Gasteiger partial charge is 0.457 e. The van der Waals surface area contributed by atoms with E-state index in [1.807, 2.05) is 48.5 Å². The number of anilines is 2. The van der Waals surface area contributed by atoms with Crippen molar-refractivity contribution < 1.29 is 9.47 Å². The van der Waals surface area contributed by atoms with Gasteiger partial charge in [-0.3, -0.25) is 0 Å². The Kier molecular flexibility index (Phi) is 16.7. The van der Waals surface area contributed by atoms with Crippen molar-refractivity contribution in [1.82, 2.24) is 0 Å². The van der Waals surface area contributed by atoms with Crippen molar-refractivity contribution in [1.29, 1.82) is 0 Å². The zero-order valence-corrected chi connectivity index (χ0v) is 37.7. The monoisotopic (exact) mass is 799 g/mol. The van der Waals surface area contributed by atoms with Crippen molar-refractivity contribution in [3.05, 3.63) is 106 Å². The Morgan fingerprint density at radius 3 is 1.29 bits per heavy atom. The maximum atomic E-state index is 6.49. The maximum Gasteiger partial charge on any atom is 0.133 e. The molecule has 6 rings (SSSR count). The zero-order chi connectivity index (χ0) is 41.6. The number of unbranched alkanes of at least 4 members (excludes halogenated alkanes) is 12. The Morgan fingerprint density at radius 1 is 0.492 bits per heavy atom. The number of aryl methyl sites for hydroxylation is 4. The molecule has 0 heterocycles. The lowest BCUT2D eigenvalue weighted by Gasteiger charge is -2.45. The Bertz CT molecular complexity index is 1750. The van der Waals surface area contributed by atoms with Gasteiger partial charge in [-0.1, -0.05) is 146 Å². The summed E-state index contributed by atoms with van der Waals surface area (Å²) in [6, 6.07) is 25.1. The van der Waals surface area contributed by atoms with Crippen LogP contribution in [0.4, 0.5) is 11.4 Å². The molecule has 4 nitrogen and oxygen atoms in total. The first-order valence-corrected chi connectivity index (χ1v) is 24.0. The van der Waals surface area contributed by atoms with E-state index in [0.29, 0.717) is 11.4 Å². The van der Waals surface area contributed by atoms with E-state index < -0.39 is 0 Å². The fourth-order valence-corrected chi connectivity index (χ4v) is 10.9. The van der Waals surface area contributed by atoms with E-state index in [1.165, 1.54) is 175 Å². The zero-order valence-electron chi connectivity index (χ0n) is 37.7. The van der Waals surface area contributed by atoms with Crippen molar-refractivity contribution in [2.24, 2.45) is 17.8 Å². The number of nitrogen functional groups attached to an aromatic ring is 2. The van der Waals surface area contributed by atoms with Crippen LogP contribution in [0.15, 0.2) is 72.8 Å². The summed E-state index contributed by atoms with van der Waals surface area (Å²) in [4.78, 5) is 0. The lowest BCUT2D eigenvalue weighted by Crippen LogP contribution is -2.36. The molecule has 0 aromatic heterocycles. The molecule has 0 radical (unpaired) electrons. The summed E-state index contributed by atoms with van der Waals surface area (Å²) >= 11 is 0. The number of rotatable bonds is 21. The summed E-state index contributed by atoms with van der Waals surface area (Å²) in [5.74, 6) is 6.07. The second kappa shape index (κ2) is 22.1. The Labute approximate surface area is 359 Å². The van der Waals surface area contributed by atoms with Gasteiger partial charge in [-0.25, -0.2) is 0 Å². The highest BCUT2D eigenvalue weighted by molar-refractivity contribution is 5.55. The molecule has 4 heteroatoms. The number of ether oxygens (including phenoxy) is 2. The topological polar surface area (TPSA) is 70.5 Å². The molecule has 0 unspecified atom stereocenters. The number of nitrogens with two attached hydrogens (primary N) is 2. The van der Waals surface area contributed by atoms with Gasteiger partial charge in [0.25, 0.3) is 0 Å². The van der Waals surface area contributed by atoms with Gasteiger partial charge < -0.3 is 20.9 Å². The predicted octanol–water partition coefficient (Wildman–Crippen LogP) is 16.4. The lowest BCUT2D eigenvalue weighted by molar-refractivity contribution is 0.140. The summed E-state index contributed by atoms with van der Waals surface area (Å²) in [7, 11) is 0. The molecule has 59 heavy (non-hydrogen) atoms. The Balaban J connectivity index is 1.07. The third-order valence-electron chi connectivity index (χ3n) is 14.3. The quantitative estimate of drug-likeness (QED) is 0.0651. The molecular weight excluding hydrogens is 721 g/mol. The van der Waals surface area contributed by atoms with Crippen LogP contribution < -0.4 is 20.9 Å². The average molecular weight is 799 g/mol. The van der Waals surface area contributed by atoms with Gasteiger partial charge in [0.1, 0.15) is 23.0 Å². The third kappa shape index (κ3) is 12.3. The van der Waals surface area contributed by atoms with E-state index in [-0.39, 0.29) is 5.41 Å². The van der Waals surface area contributed by atoms with Gasteiger partial charge in [0.2, 0.25) is 0 Å². The van der Waals surface area contributed by atoms with Crippen LogP contribution in [-0.4, -0.2) is 0 Å². The van der Waals surface area contributed by atoms with Crippen molar-refractivity contribution in [3.8, 4) is 23.0 Å². The summed E-state index contributed by atoms with van der Waals surface area (Å²) < 4.78 is 13.0. The van der Waals surface area contributed by atoms with Gasteiger partial charge >= 0.3 is 0 Å².